The van der Waals surface area contributed by atoms with E-state index in [4.69, 9.17) is 16.7 Å². The highest BCUT2D eigenvalue weighted by molar-refractivity contribution is 6.30. The van der Waals surface area contributed by atoms with Crippen LogP contribution in [-0.2, 0) is 0 Å². The molecule has 0 unspecified atom stereocenters. The summed E-state index contributed by atoms with van der Waals surface area (Å²) in [5.41, 5.74) is 0.873. The predicted octanol–water partition coefficient (Wildman–Crippen LogP) is 3.47. The maximum atomic E-state index is 13.2. The third kappa shape index (κ3) is 1.79. The van der Waals surface area contributed by atoms with Crippen LogP contribution in [0.15, 0.2) is 36.5 Å². The first kappa shape index (κ1) is 10.7. The van der Waals surface area contributed by atoms with Crippen LogP contribution in [0.3, 0.4) is 0 Å². The van der Waals surface area contributed by atoms with Crippen LogP contribution >= 0.6 is 11.6 Å². The van der Waals surface area contributed by atoms with Gasteiger partial charge >= 0.3 is 6.09 Å². The van der Waals surface area contributed by atoms with Gasteiger partial charge in [-0.05, 0) is 24.3 Å². The fourth-order valence-electron chi connectivity index (χ4n) is 1.44. The van der Waals surface area contributed by atoms with E-state index in [0.29, 0.717) is 11.3 Å². The van der Waals surface area contributed by atoms with Gasteiger partial charge < -0.3 is 5.11 Å². The molecule has 0 saturated heterocycles. The van der Waals surface area contributed by atoms with E-state index in [9.17, 15) is 9.18 Å². The summed E-state index contributed by atoms with van der Waals surface area (Å²) < 4.78 is 14.2. The Kier molecular flexibility index (Phi) is 2.66. The topological polar surface area (TPSA) is 42.2 Å². The third-order valence-corrected chi connectivity index (χ3v) is 2.48. The molecule has 1 aromatic heterocycles. The van der Waals surface area contributed by atoms with Crippen molar-refractivity contribution in [3.63, 3.8) is 0 Å². The summed E-state index contributed by atoms with van der Waals surface area (Å²) in [5, 5.41) is 8.89. The molecule has 0 saturated carbocycles. The highest BCUT2D eigenvalue weighted by Gasteiger charge is 2.10. The molecule has 2 aromatic rings. The Bertz CT molecular complexity index is 551. The number of aromatic nitrogens is 1. The number of benzene rings is 1. The first-order valence-corrected chi connectivity index (χ1v) is 4.83. The van der Waals surface area contributed by atoms with Crippen LogP contribution in [-0.4, -0.2) is 15.8 Å². The molecule has 0 radical (unpaired) electrons. The fourth-order valence-corrected chi connectivity index (χ4v) is 1.56. The van der Waals surface area contributed by atoms with E-state index in [1.807, 2.05) is 0 Å². The maximum absolute atomic E-state index is 13.2. The van der Waals surface area contributed by atoms with E-state index in [2.05, 4.69) is 0 Å². The van der Waals surface area contributed by atoms with Gasteiger partial charge in [0.25, 0.3) is 0 Å². The maximum Gasteiger partial charge on any atom is 0.415 e. The van der Waals surface area contributed by atoms with Gasteiger partial charge in [0.15, 0.2) is 0 Å². The van der Waals surface area contributed by atoms with Crippen LogP contribution in [0.4, 0.5) is 9.18 Å². The van der Waals surface area contributed by atoms with Gasteiger partial charge in [0, 0.05) is 11.8 Å². The lowest BCUT2D eigenvalue weighted by Crippen LogP contribution is -2.07. The fraction of sp³-hybridized carbons (Fsp3) is 0. The quantitative estimate of drug-likeness (QED) is 0.828. The van der Waals surface area contributed by atoms with Gasteiger partial charge in [-0.3, -0.25) is 4.57 Å². The molecule has 1 N–H and O–H groups in total. The van der Waals surface area contributed by atoms with Gasteiger partial charge in [0.05, 0.1) is 10.7 Å². The number of nitrogens with zero attached hydrogens (tertiary/aromatic N) is 1. The minimum absolute atomic E-state index is 0.0113. The second-order valence-corrected chi connectivity index (χ2v) is 3.58. The molecule has 2 rings (SSSR count). The van der Waals surface area contributed by atoms with Gasteiger partial charge in [0.2, 0.25) is 0 Å². The molecule has 16 heavy (non-hydrogen) atoms. The lowest BCUT2D eigenvalue weighted by molar-refractivity contribution is 0.197. The number of carboxylic acid groups (broad SMARTS) is 1. The SMILES string of the molecule is O=C(O)n1cccc1-c1ccc(Cl)c(F)c1. The van der Waals surface area contributed by atoms with Crippen LogP contribution in [0, 0.1) is 5.82 Å². The smallest absolute Gasteiger partial charge is 0.415 e. The molecule has 0 aliphatic carbocycles. The number of rotatable bonds is 1. The summed E-state index contributed by atoms with van der Waals surface area (Å²) in [6.45, 7) is 0. The van der Waals surface area contributed by atoms with Crippen molar-refractivity contribution < 1.29 is 14.3 Å². The minimum Gasteiger partial charge on any atom is -0.464 e. The summed E-state index contributed by atoms with van der Waals surface area (Å²) in [5.74, 6) is -0.572. The van der Waals surface area contributed by atoms with Crippen LogP contribution in [0.25, 0.3) is 11.3 Å². The lowest BCUT2D eigenvalue weighted by atomic mass is 10.1. The molecule has 1 aromatic carbocycles. The normalized spacial score (nSPS) is 10.4. The minimum atomic E-state index is -1.12. The average Bonchev–Trinajstić information content (AvgIpc) is 2.71. The van der Waals surface area contributed by atoms with Crippen molar-refractivity contribution in [3.05, 3.63) is 47.4 Å². The van der Waals surface area contributed by atoms with Crippen molar-refractivity contribution in [2.24, 2.45) is 0 Å². The molecule has 0 amide bonds. The van der Waals surface area contributed by atoms with Crippen LogP contribution in [0.2, 0.25) is 5.02 Å². The molecule has 5 heteroatoms. The molecular formula is C11H7ClFNO2. The second-order valence-electron chi connectivity index (χ2n) is 3.17. The Hall–Kier alpha value is -1.81. The van der Waals surface area contributed by atoms with Crippen molar-refractivity contribution in [1.82, 2.24) is 4.57 Å². The second kappa shape index (κ2) is 3.98. The zero-order chi connectivity index (χ0) is 11.7. The summed E-state index contributed by atoms with van der Waals surface area (Å²) in [7, 11) is 0. The highest BCUT2D eigenvalue weighted by Crippen LogP contribution is 2.24. The summed E-state index contributed by atoms with van der Waals surface area (Å²) >= 11 is 5.55. The van der Waals surface area contributed by atoms with Crippen molar-refractivity contribution in [2.45, 2.75) is 0 Å². The van der Waals surface area contributed by atoms with E-state index >= 15 is 0 Å². The molecular weight excluding hydrogens is 233 g/mol. The molecule has 0 aliphatic rings. The Labute approximate surface area is 95.7 Å². The van der Waals surface area contributed by atoms with Crippen LogP contribution in [0.1, 0.15) is 0 Å². The van der Waals surface area contributed by atoms with Gasteiger partial charge in [0.1, 0.15) is 5.82 Å². The van der Waals surface area contributed by atoms with E-state index in [1.54, 1.807) is 18.2 Å². The number of carbonyl (C=O) groups is 1. The Balaban J connectivity index is 2.54. The average molecular weight is 240 g/mol. The van der Waals surface area contributed by atoms with Gasteiger partial charge in [-0.2, -0.15) is 0 Å². The van der Waals surface area contributed by atoms with Gasteiger partial charge in [-0.1, -0.05) is 17.7 Å². The van der Waals surface area contributed by atoms with E-state index in [0.717, 1.165) is 4.57 Å². The van der Waals surface area contributed by atoms with Crippen molar-refractivity contribution in [3.8, 4) is 11.3 Å². The summed E-state index contributed by atoms with van der Waals surface area (Å²) in [4.78, 5) is 10.9. The van der Waals surface area contributed by atoms with Gasteiger partial charge in [-0.15, -0.1) is 0 Å². The van der Waals surface area contributed by atoms with Gasteiger partial charge in [-0.25, -0.2) is 9.18 Å². The van der Waals surface area contributed by atoms with Crippen LogP contribution in [0.5, 0.6) is 0 Å². The van der Waals surface area contributed by atoms with Crippen LogP contribution < -0.4 is 0 Å². The number of hydrogen-bond acceptors (Lipinski definition) is 1. The van der Waals surface area contributed by atoms with Crippen molar-refractivity contribution in [2.75, 3.05) is 0 Å². The third-order valence-electron chi connectivity index (χ3n) is 2.17. The molecule has 0 spiro atoms. The van der Waals surface area contributed by atoms with E-state index in [1.165, 1.54) is 18.3 Å². The standard InChI is InChI=1S/C11H7ClFNO2/c12-8-4-3-7(6-9(8)13)10-2-1-5-14(10)11(15)16/h1-6H,(H,15,16). The Morgan fingerprint density at radius 2 is 2.12 bits per heavy atom. The molecule has 0 atom stereocenters. The molecule has 1 heterocycles. The molecule has 0 aliphatic heterocycles. The first-order chi connectivity index (χ1) is 7.59. The zero-order valence-corrected chi connectivity index (χ0v) is 8.78. The van der Waals surface area contributed by atoms with Crippen molar-refractivity contribution in [1.29, 1.82) is 0 Å². The van der Waals surface area contributed by atoms with E-state index < -0.39 is 11.9 Å². The largest absolute Gasteiger partial charge is 0.464 e. The molecule has 0 bridgehead atoms. The molecule has 3 nitrogen and oxygen atoms in total. The first-order valence-electron chi connectivity index (χ1n) is 4.45. The Morgan fingerprint density at radius 3 is 2.75 bits per heavy atom. The summed E-state index contributed by atoms with van der Waals surface area (Å²) in [6.07, 6.45) is 0.278. The molecule has 82 valence electrons. The zero-order valence-electron chi connectivity index (χ0n) is 8.02. The number of hydrogen-bond donors (Lipinski definition) is 1. The molecule has 0 fully saturated rings. The number of halogens is 2. The predicted molar refractivity (Wildman–Crippen MR) is 58.3 cm³/mol. The monoisotopic (exact) mass is 239 g/mol. The summed E-state index contributed by atoms with van der Waals surface area (Å²) in [6, 6.07) is 7.34. The Morgan fingerprint density at radius 1 is 1.38 bits per heavy atom. The van der Waals surface area contributed by atoms with E-state index in [-0.39, 0.29) is 5.02 Å². The van der Waals surface area contributed by atoms with Crippen molar-refractivity contribution >= 4 is 17.7 Å². The highest BCUT2D eigenvalue weighted by atomic mass is 35.5. The lowest BCUT2D eigenvalue weighted by Gasteiger charge is -2.04.